The lowest BCUT2D eigenvalue weighted by atomic mass is 10.1. The summed E-state index contributed by atoms with van der Waals surface area (Å²) in [6.07, 6.45) is 0. The molecule has 1 aliphatic rings. The lowest BCUT2D eigenvalue weighted by Crippen LogP contribution is -2.52. The van der Waals surface area contributed by atoms with Crippen molar-refractivity contribution in [1.82, 2.24) is 9.80 Å². The van der Waals surface area contributed by atoms with E-state index in [0.717, 1.165) is 37.4 Å². The number of nitrogens with zero attached hydrogens (tertiary/aromatic N) is 2. The molecular weight excluding hydrogens is 329 g/mol. The molecular formula is C21H26FN3O. The standard InChI is InChI=1S/C21H26FN3O/c1-16-7-9-19(10-8-16)23-21(26)17(2)25-13-11-24(12-14-25)15-18-5-3-4-6-20(18)22/h3-10,17H,11-15H2,1-2H3,(H,23,26). The van der Waals surface area contributed by atoms with E-state index in [1.54, 1.807) is 6.07 Å². The number of nitrogens with one attached hydrogen (secondary N) is 1. The molecule has 26 heavy (non-hydrogen) atoms. The normalized spacial score (nSPS) is 17.0. The summed E-state index contributed by atoms with van der Waals surface area (Å²) in [6, 6.07) is 14.5. The summed E-state index contributed by atoms with van der Waals surface area (Å²) in [6.45, 7) is 7.84. The molecule has 138 valence electrons. The van der Waals surface area contributed by atoms with E-state index in [-0.39, 0.29) is 17.8 Å². The van der Waals surface area contributed by atoms with Gasteiger partial charge in [0.25, 0.3) is 0 Å². The van der Waals surface area contributed by atoms with E-state index in [0.29, 0.717) is 6.54 Å². The van der Waals surface area contributed by atoms with Crippen molar-refractivity contribution in [2.75, 3.05) is 31.5 Å². The molecule has 0 saturated carbocycles. The van der Waals surface area contributed by atoms with Gasteiger partial charge in [-0.2, -0.15) is 0 Å². The van der Waals surface area contributed by atoms with E-state index in [4.69, 9.17) is 0 Å². The van der Waals surface area contributed by atoms with Crippen molar-refractivity contribution in [2.45, 2.75) is 26.4 Å². The second-order valence-electron chi connectivity index (χ2n) is 6.93. The third-order valence-corrected chi connectivity index (χ3v) is 5.00. The number of aryl methyl sites for hydroxylation is 1. The number of benzene rings is 2. The number of hydrogen-bond donors (Lipinski definition) is 1. The first-order chi connectivity index (χ1) is 12.5. The third kappa shape index (κ3) is 4.68. The molecule has 0 aliphatic carbocycles. The lowest BCUT2D eigenvalue weighted by molar-refractivity contribution is -0.121. The van der Waals surface area contributed by atoms with Crippen molar-refractivity contribution in [1.29, 1.82) is 0 Å². The van der Waals surface area contributed by atoms with Gasteiger partial charge in [0.05, 0.1) is 6.04 Å². The maximum Gasteiger partial charge on any atom is 0.241 e. The Morgan fingerprint density at radius 2 is 1.73 bits per heavy atom. The molecule has 3 rings (SSSR count). The number of anilines is 1. The molecule has 2 aromatic carbocycles. The average Bonchev–Trinajstić information content (AvgIpc) is 2.65. The minimum Gasteiger partial charge on any atom is -0.325 e. The van der Waals surface area contributed by atoms with Gasteiger partial charge < -0.3 is 5.32 Å². The zero-order valence-corrected chi connectivity index (χ0v) is 15.4. The predicted molar refractivity (Wildman–Crippen MR) is 103 cm³/mol. The van der Waals surface area contributed by atoms with Crippen LogP contribution in [0.5, 0.6) is 0 Å². The molecule has 0 radical (unpaired) electrons. The smallest absolute Gasteiger partial charge is 0.241 e. The van der Waals surface area contributed by atoms with Gasteiger partial charge in [0.2, 0.25) is 5.91 Å². The summed E-state index contributed by atoms with van der Waals surface area (Å²) in [4.78, 5) is 16.9. The largest absolute Gasteiger partial charge is 0.325 e. The van der Waals surface area contributed by atoms with Gasteiger partial charge in [0, 0.05) is 44.0 Å². The Bertz CT molecular complexity index is 739. The van der Waals surface area contributed by atoms with Crippen LogP contribution >= 0.6 is 0 Å². The Balaban J connectivity index is 1.50. The van der Waals surface area contributed by atoms with Crippen molar-refractivity contribution < 1.29 is 9.18 Å². The van der Waals surface area contributed by atoms with Crippen molar-refractivity contribution in [3.05, 3.63) is 65.5 Å². The Hall–Kier alpha value is -2.24. The van der Waals surface area contributed by atoms with Gasteiger partial charge in [-0.05, 0) is 32.0 Å². The Labute approximate surface area is 154 Å². The molecule has 4 nitrogen and oxygen atoms in total. The van der Waals surface area contributed by atoms with E-state index in [1.165, 1.54) is 11.6 Å². The number of carbonyl (C=O) groups is 1. The second kappa shape index (κ2) is 8.43. The molecule has 1 N–H and O–H groups in total. The molecule has 1 atom stereocenters. The van der Waals surface area contributed by atoms with Crippen LogP contribution in [0.15, 0.2) is 48.5 Å². The predicted octanol–water partition coefficient (Wildman–Crippen LogP) is 3.28. The fourth-order valence-electron chi connectivity index (χ4n) is 3.23. The summed E-state index contributed by atoms with van der Waals surface area (Å²) >= 11 is 0. The molecule has 1 fully saturated rings. The van der Waals surface area contributed by atoms with E-state index < -0.39 is 0 Å². The van der Waals surface area contributed by atoms with Gasteiger partial charge in [-0.25, -0.2) is 4.39 Å². The van der Waals surface area contributed by atoms with Crippen LogP contribution in [-0.2, 0) is 11.3 Å². The number of amides is 1. The van der Waals surface area contributed by atoms with E-state index in [1.807, 2.05) is 50.2 Å². The average molecular weight is 355 g/mol. The second-order valence-corrected chi connectivity index (χ2v) is 6.93. The molecule has 1 unspecified atom stereocenters. The molecule has 0 spiro atoms. The fraction of sp³-hybridized carbons (Fsp3) is 0.381. The summed E-state index contributed by atoms with van der Waals surface area (Å²) in [5.74, 6) is -0.141. The van der Waals surface area contributed by atoms with Crippen LogP contribution < -0.4 is 5.32 Å². The van der Waals surface area contributed by atoms with E-state index in [2.05, 4.69) is 15.1 Å². The van der Waals surface area contributed by atoms with Crippen LogP contribution in [0.4, 0.5) is 10.1 Å². The van der Waals surface area contributed by atoms with Gasteiger partial charge >= 0.3 is 0 Å². The maximum absolute atomic E-state index is 13.8. The zero-order valence-electron chi connectivity index (χ0n) is 15.4. The first-order valence-electron chi connectivity index (χ1n) is 9.10. The molecule has 1 amide bonds. The van der Waals surface area contributed by atoms with Crippen molar-refractivity contribution in [3.63, 3.8) is 0 Å². The molecule has 1 saturated heterocycles. The number of rotatable bonds is 5. The topological polar surface area (TPSA) is 35.6 Å². The molecule has 1 heterocycles. The number of carbonyl (C=O) groups excluding carboxylic acids is 1. The number of piperazine rings is 1. The summed E-state index contributed by atoms with van der Waals surface area (Å²) in [7, 11) is 0. The highest BCUT2D eigenvalue weighted by molar-refractivity contribution is 5.94. The highest BCUT2D eigenvalue weighted by Crippen LogP contribution is 2.15. The van der Waals surface area contributed by atoms with E-state index >= 15 is 0 Å². The monoisotopic (exact) mass is 355 g/mol. The first-order valence-corrected chi connectivity index (χ1v) is 9.10. The minimum absolute atomic E-state index is 0.0106. The van der Waals surface area contributed by atoms with Gasteiger partial charge in [0.15, 0.2) is 0 Å². The summed E-state index contributed by atoms with van der Waals surface area (Å²) in [5, 5.41) is 2.98. The van der Waals surface area contributed by atoms with Gasteiger partial charge in [-0.15, -0.1) is 0 Å². The van der Waals surface area contributed by atoms with Crippen molar-refractivity contribution in [3.8, 4) is 0 Å². The molecule has 0 aromatic heterocycles. The van der Waals surface area contributed by atoms with Crippen LogP contribution in [0.2, 0.25) is 0 Å². The molecule has 5 heteroatoms. The lowest BCUT2D eigenvalue weighted by Gasteiger charge is -2.37. The number of hydrogen-bond acceptors (Lipinski definition) is 3. The Kier molecular flexibility index (Phi) is 6.01. The summed E-state index contributed by atoms with van der Waals surface area (Å²) in [5.41, 5.74) is 2.72. The quantitative estimate of drug-likeness (QED) is 0.894. The highest BCUT2D eigenvalue weighted by Gasteiger charge is 2.25. The third-order valence-electron chi connectivity index (χ3n) is 5.00. The van der Waals surface area contributed by atoms with Gasteiger partial charge in [-0.1, -0.05) is 35.9 Å². The first kappa shape index (κ1) is 18.5. The van der Waals surface area contributed by atoms with Crippen molar-refractivity contribution >= 4 is 11.6 Å². The SMILES string of the molecule is Cc1ccc(NC(=O)C(C)N2CCN(Cc3ccccc3F)CC2)cc1. The Morgan fingerprint density at radius 1 is 1.08 bits per heavy atom. The maximum atomic E-state index is 13.8. The van der Waals surface area contributed by atoms with Crippen LogP contribution in [-0.4, -0.2) is 47.9 Å². The van der Waals surface area contributed by atoms with Gasteiger partial charge in [0.1, 0.15) is 5.82 Å². The Morgan fingerprint density at radius 3 is 2.38 bits per heavy atom. The van der Waals surface area contributed by atoms with Crippen LogP contribution in [0.3, 0.4) is 0 Å². The summed E-state index contributed by atoms with van der Waals surface area (Å²) < 4.78 is 13.8. The highest BCUT2D eigenvalue weighted by atomic mass is 19.1. The van der Waals surface area contributed by atoms with E-state index in [9.17, 15) is 9.18 Å². The fourth-order valence-corrected chi connectivity index (χ4v) is 3.23. The molecule has 0 bridgehead atoms. The van der Waals surface area contributed by atoms with Gasteiger partial charge in [-0.3, -0.25) is 14.6 Å². The van der Waals surface area contributed by atoms with Crippen LogP contribution in [0, 0.1) is 12.7 Å². The van der Waals surface area contributed by atoms with Crippen LogP contribution in [0.25, 0.3) is 0 Å². The molecule has 1 aliphatic heterocycles. The van der Waals surface area contributed by atoms with Crippen LogP contribution in [0.1, 0.15) is 18.1 Å². The number of halogens is 1. The zero-order chi connectivity index (χ0) is 18.5. The minimum atomic E-state index is -0.188. The molecule has 2 aromatic rings. The van der Waals surface area contributed by atoms with Crippen molar-refractivity contribution in [2.24, 2.45) is 0 Å².